The molecule has 1 saturated heterocycles. The summed E-state index contributed by atoms with van der Waals surface area (Å²) in [5.41, 5.74) is 6.19. The average molecular weight is 586 g/mol. The summed E-state index contributed by atoms with van der Waals surface area (Å²) in [4.78, 5) is 26.3. The number of pyridine rings is 1. The number of rotatable bonds is 4. The molecule has 3 aromatic rings. The number of aromatic nitrogens is 3. The SMILES string of the molecule is CNc1nc(N)nc2nc(-c3c(N4CCN(C5CCCC5)CC4)cccc3C(F)(F)F)ccc12.O=C(O)C(F)(F)F. The number of nitrogens with two attached hydrogens (primary N) is 1. The van der Waals surface area contributed by atoms with E-state index in [0.29, 0.717) is 36.0 Å². The van der Waals surface area contributed by atoms with Crippen molar-refractivity contribution < 1.29 is 36.2 Å². The van der Waals surface area contributed by atoms with E-state index in [1.807, 2.05) is 0 Å². The molecule has 2 aliphatic rings. The van der Waals surface area contributed by atoms with Crippen LogP contribution in [-0.4, -0.2) is 76.4 Å². The van der Waals surface area contributed by atoms with Crippen molar-refractivity contribution in [1.82, 2.24) is 19.9 Å². The molecule has 222 valence electrons. The van der Waals surface area contributed by atoms with Gasteiger partial charge in [0.05, 0.1) is 16.6 Å². The molecule has 2 fully saturated rings. The van der Waals surface area contributed by atoms with E-state index in [2.05, 4.69) is 30.1 Å². The third-order valence-electron chi connectivity index (χ3n) is 7.16. The normalized spacial score (nSPS) is 16.9. The summed E-state index contributed by atoms with van der Waals surface area (Å²) < 4.78 is 74.1. The lowest BCUT2D eigenvalue weighted by atomic mass is 9.99. The zero-order chi connectivity index (χ0) is 29.9. The molecule has 2 aromatic heterocycles. The molecular weight excluding hydrogens is 556 g/mol. The Morgan fingerprint density at radius 1 is 0.976 bits per heavy atom. The second-order valence-corrected chi connectivity index (χ2v) is 9.71. The molecule has 15 heteroatoms. The average Bonchev–Trinajstić information content (AvgIpc) is 3.46. The Kier molecular flexibility index (Phi) is 8.75. The first-order valence-corrected chi connectivity index (χ1v) is 12.9. The molecule has 0 radical (unpaired) electrons. The van der Waals surface area contributed by atoms with Gasteiger partial charge in [-0.2, -0.15) is 36.3 Å². The van der Waals surface area contributed by atoms with E-state index in [9.17, 15) is 26.3 Å². The van der Waals surface area contributed by atoms with Gasteiger partial charge in [-0.3, -0.25) is 4.90 Å². The minimum Gasteiger partial charge on any atom is -0.475 e. The van der Waals surface area contributed by atoms with Gasteiger partial charge in [0.1, 0.15) is 5.82 Å². The van der Waals surface area contributed by atoms with Crippen LogP contribution in [0.25, 0.3) is 22.3 Å². The van der Waals surface area contributed by atoms with E-state index < -0.39 is 23.9 Å². The highest BCUT2D eigenvalue weighted by atomic mass is 19.4. The Morgan fingerprint density at radius 3 is 2.17 bits per heavy atom. The molecule has 0 atom stereocenters. The van der Waals surface area contributed by atoms with Crippen LogP contribution < -0.4 is 16.0 Å². The summed E-state index contributed by atoms with van der Waals surface area (Å²) in [7, 11) is 1.69. The maximum atomic E-state index is 14.1. The zero-order valence-electron chi connectivity index (χ0n) is 22.1. The number of benzene rings is 1. The molecule has 0 spiro atoms. The number of nitrogen functional groups attached to an aromatic ring is 1. The summed E-state index contributed by atoms with van der Waals surface area (Å²) in [6.45, 7) is 3.05. The van der Waals surface area contributed by atoms with Gasteiger partial charge >= 0.3 is 18.3 Å². The van der Waals surface area contributed by atoms with Gasteiger partial charge in [0.2, 0.25) is 5.95 Å². The molecule has 0 unspecified atom stereocenters. The second kappa shape index (κ2) is 11.9. The molecule has 0 amide bonds. The van der Waals surface area contributed by atoms with Crippen LogP contribution in [0.3, 0.4) is 0 Å². The summed E-state index contributed by atoms with van der Waals surface area (Å²) in [6, 6.07) is 8.26. The molecule has 9 nitrogen and oxygen atoms in total. The van der Waals surface area contributed by atoms with Gasteiger partial charge in [0, 0.05) is 50.5 Å². The van der Waals surface area contributed by atoms with Crippen molar-refractivity contribution >= 4 is 34.5 Å². The third kappa shape index (κ3) is 6.89. The van der Waals surface area contributed by atoms with Gasteiger partial charge in [0.15, 0.2) is 5.65 Å². The fourth-order valence-corrected chi connectivity index (χ4v) is 5.26. The van der Waals surface area contributed by atoms with Crippen molar-refractivity contribution in [3.05, 3.63) is 35.9 Å². The monoisotopic (exact) mass is 585 g/mol. The number of aliphatic carboxylic acids is 1. The van der Waals surface area contributed by atoms with Crippen molar-refractivity contribution in [2.75, 3.05) is 49.2 Å². The van der Waals surface area contributed by atoms with Gasteiger partial charge in [-0.05, 0) is 37.1 Å². The maximum absolute atomic E-state index is 14.1. The standard InChI is InChI=1S/C24H28F3N7.C2HF3O2/c1-29-21-16-9-10-18(30-22(16)32-23(28)31-21)20-17(24(25,26)27)7-4-8-19(20)34-13-11-33(12-14-34)15-5-2-3-6-15;3-2(4,5)1(6)7/h4,7-10,15H,2-3,5-6,11-14H2,1H3,(H3,28,29,30,31,32);(H,6,7). The molecule has 5 rings (SSSR count). The number of nitrogens with one attached hydrogen (secondary N) is 1. The lowest BCUT2D eigenvalue weighted by Crippen LogP contribution is -2.49. The van der Waals surface area contributed by atoms with Crippen LogP contribution in [0.1, 0.15) is 31.2 Å². The lowest BCUT2D eigenvalue weighted by molar-refractivity contribution is -0.192. The Bertz CT molecular complexity index is 1390. The van der Waals surface area contributed by atoms with Crippen LogP contribution in [0.2, 0.25) is 0 Å². The van der Waals surface area contributed by atoms with E-state index >= 15 is 0 Å². The van der Waals surface area contributed by atoms with Gasteiger partial charge < -0.3 is 21.1 Å². The van der Waals surface area contributed by atoms with E-state index in [-0.39, 0.29) is 22.9 Å². The predicted octanol–water partition coefficient (Wildman–Crippen LogP) is 5.03. The number of piperazine rings is 1. The predicted molar refractivity (Wildman–Crippen MR) is 141 cm³/mol. The van der Waals surface area contributed by atoms with E-state index in [1.54, 1.807) is 25.2 Å². The quantitative estimate of drug-likeness (QED) is 0.362. The van der Waals surface area contributed by atoms with Crippen molar-refractivity contribution in [3.63, 3.8) is 0 Å². The second-order valence-electron chi connectivity index (χ2n) is 9.71. The van der Waals surface area contributed by atoms with Crippen LogP contribution in [0.4, 0.5) is 43.8 Å². The first-order valence-electron chi connectivity index (χ1n) is 12.9. The molecule has 3 heterocycles. The van der Waals surface area contributed by atoms with Gasteiger partial charge in [-0.15, -0.1) is 0 Å². The Labute approximate surface area is 231 Å². The smallest absolute Gasteiger partial charge is 0.475 e. The van der Waals surface area contributed by atoms with Crippen molar-refractivity contribution in [1.29, 1.82) is 0 Å². The summed E-state index contributed by atoms with van der Waals surface area (Å²) in [6.07, 6.45) is -4.64. The zero-order valence-corrected chi connectivity index (χ0v) is 22.1. The maximum Gasteiger partial charge on any atom is 0.490 e. The number of hydrogen-bond acceptors (Lipinski definition) is 8. The van der Waals surface area contributed by atoms with Gasteiger partial charge in [-0.25, -0.2) is 9.78 Å². The number of fused-ring (bicyclic) bond motifs is 1. The molecular formula is C26H29F6N7O2. The highest BCUT2D eigenvalue weighted by Gasteiger charge is 2.38. The van der Waals surface area contributed by atoms with Crippen LogP contribution in [0.15, 0.2) is 30.3 Å². The van der Waals surface area contributed by atoms with Crippen molar-refractivity contribution in [2.24, 2.45) is 0 Å². The van der Waals surface area contributed by atoms with Crippen LogP contribution >= 0.6 is 0 Å². The van der Waals surface area contributed by atoms with Crippen molar-refractivity contribution in [2.45, 2.75) is 44.1 Å². The van der Waals surface area contributed by atoms with Gasteiger partial charge in [-0.1, -0.05) is 18.9 Å². The van der Waals surface area contributed by atoms with Crippen LogP contribution in [-0.2, 0) is 11.0 Å². The highest BCUT2D eigenvalue weighted by molar-refractivity contribution is 5.90. The number of alkyl halides is 6. The molecule has 4 N–H and O–H groups in total. The fraction of sp³-hybridized carbons (Fsp3) is 0.462. The number of hydrogen-bond donors (Lipinski definition) is 3. The highest BCUT2D eigenvalue weighted by Crippen LogP contribution is 2.42. The molecule has 1 saturated carbocycles. The first-order chi connectivity index (χ1) is 19.3. The summed E-state index contributed by atoms with van der Waals surface area (Å²) in [5.74, 6) is -2.27. The van der Waals surface area contributed by atoms with E-state index in [4.69, 9.17) is 15.6 Å². The number of anilines is 3. The summed E-state index contributed by atoms with van der Waals surface area (Å²) >= 11 is 0. The molecule has 1 aliphatic heterocycles. The van der Waals surface area contributed by atoms with Crippen LogP contribution in [0.5, 0.6) is 0 Å². The minimum absolute atomic E-state index is 0.00821. The van der Waals surface area contributed by atoms with E-state index in [0.717, 1.165) is 19.2 Å². The fourth-order valence-electron chi connectivity index (χ4n) is 5.26. The Morgan fingerprint density at radius 2 is 1.61 bits per heavy atom. The molecule has 1 aliphatic carbocycles. The van der Waals surface area contributed by atoms with Gasteiger partial charge in [0.25, 0.3) is 0 Å². The van der Waals surface area contributed by atoms with E-state index in [1.165, 1.54) is 31.7 Å². The molecule has 1 aromatic carbocycles. The Hall–Kier alpha value is -3.88. The summed E-state index contributed by atoms with van der Waals surface area (Å²) in [5, 5.41) is 10.7. The first kappa shape index (κ1) is 30.1. The number of carboxylic acids is 1. The number of halogens is 6. The molecule has 41 heavy (non-hydrogen) atoms. The third-order valence-corrected chi connectivity index (χ3v) is 7.16. The topological polar surface area (TPSA) is 120 Å². The molecule has 0 bridgehead atoms. The largest absolute Gasteiger partial charge is 0.490 e. The van der Waals surface area contributed by atoms with Crippen LogP contribution in [0, 0.1) is 0 Å². The number of carboxylic acid groups (broad SMARTS) is 1. The lowest BCUT2D eigenvalue weighted by Gasteiger charge is -2.40. The Balaban J connectivity index is 0.000000493. The van der Waals surface area contributed by atoms with Crippen molar-refractivity contribution in [3.8, 4) is 11.3 Å². The minimum atomic E-state index is -5.08. The number of nitrogens with zero attached hydrogens (tertiary/aromatic N) is 5. The number of carbonyl (C=O) groups is 1.